The fourth-order valence-electron chi connectivity index (χ4n) is 3.71. The van der Waals surface area contributed by atoms with E-state index in [1.54, 1.807) is 48.0 Å². The number of halogens is 3. The highest BCUT2D eigenvalue weighted by molar-refractivity contribution is 6.33. The van der Waals surface area contributed by atoms with Gasteiger partial charge in [0.1, 0.15) is 5.65 Å². The number of hydrogen-bond acceptors (Lipinski definition) is 4. The van der Waals surface area contributed by atoms with Crippen LogP contribution in [0.1, 0.15) is 30.1 Å². The van der Waals surface area contributed by atoms with Crippen LogP contribution in [0, 0.1) is 0 Å². The second-order valence-corrected chi connectivity index (χ2v) is 7.93. The Hall–Kier alpha value is -3.20. The summed E-state index contributed by atoms with van der Waals surface area (Å²) in [6, 6.07) is 8.49. The fourth-order valence-corrected chi connectivity index (χ4v) is 3.87. The van der Waals surface area contributed by atoms with Crippen LogP contribution in [0.15, 0.2) is 42.7 Å². The van der Waals surface area contributed by atoms with Crippen molar-refractivity contribution in [3.63, 3.8) is 0 Å². The van der Waals surface area contributed by atoms with E-state index in [2.05, 4.69) is 10.3 Å². The van der Waals surface area contributed by atoms with Gasteiger partial charge in [-0.1, -0.05) is 11.6 Å². The van der Waals surface area contributed by atoms with Crippen LogP contribution in [-0.4, -0.2) is 52.1 Å². The van der Waals surface area contributed by atoms with Gasteiger partial charge in [-0.3, -0.25) is 10.1 Å². The number of carbonyl (C=O) groups excluding carboxylic acids is 2. The lowest BCUT2D eigenvalue weighted by Gasteiger charge is -2.32. The number of rotatable bonds is 4. The van der Waals surface area contributed by atoms with Gasteiger partial charge < -0.3 is 14.2 Å². The first-order valence-corrected chi connectivity index (χ1v) is 10.5. The van der Waals surface area contributed by atoms with E-state index in [-0.39, 0.29) is 25.0 Å². The molecule has 1 aromatic carbocycles. The molecular formula is C22H21ClF2N4O3. The van der Waals surface area contributed by atoms with Crippen LogP contribution >= 0.6 is 11.6 Å². The number of piperidine rings is 1. The number of fused-ring (bicyclic) bond motifs is 1. The van der Waals surface area contributed by atoms with Crippen LogP contribution < -0.4 is 5.32 Å². The van der Waals surface area contributed by atoms with Crippen LogP contribution in [0.3, 0.4) is 0 Å². The number of likely N-dealkylation sites (tertiary alicyclic amines) is 1. The zero-order valence-electron chi connectivity index (χ0n) is 17.3. The van der Waals surface area contributed by atoms with Crippen LogP contribution in [-0.2, 0) is 4.74 Å². The molecule has 1 N–H and O–H groups in total. The highest BCUT2D eigenvalue weighted by Crippen LogP contribution is 2.29. The van der Waals surface area contributed by atoms with Crippen LogP contribution in [0.4, 0.5) is 19.3 Å². The third kappa shape index (κ3) is 4.52. The summed E-state index contributed by atoms with van der Waals surface area (Å²) in [5, 5.41) is 3.61. The zero-order chi connectivity index (χ0) is 22.9. The first-order chi connectivity index (χ1) is 15.3. The fraction of sp³-hybridized carbons (Fsp3) is 0.318. The lowest BCUT2D eigenvalue weighted by Crippen LogP contribution is -2.45. The molecule has 32 heavy (non-hydrogen) atoms. The average molecular weight is 463 g/mol. The second-order valence-electron chi connectivity index (χ2n) is 7.52. The molecule has 0 spiro atoms. The minimum absolute atomic E-state index is 0.203. The van der Waals surface area contributed by atoms with Crippen molar-refractivity contribution < 1.29 is 23.1 Å². The summed E-state index contributed by atoms with van der Waals surface area (Å²) in [6.45, 7) is 1.65. The van der Waals surface area contributed by atoms with Gasteiger partial charge in [-0.25, -0.2) is 18.6 Å². The number of amides is 2. The molecule has 1 fully saturated rings. The molecule has 0 atom stereocenters. The molecule has 7 nitrogen and oxygen atoms in total. The lowest BCUT2D eigenvalue weighted by atomic mass is 10.1. The van der Waals surface area contributed by atoms with E-state index < -0.39 is 24.5 Å². The van der Waals surface area contributed by atoms with Crippen molar-refractivity contribution in [1.82, 2.24) is 14.5 Å². The number of nitrogens with one attached hydrogen (secondary N) is 1. The minimum Gasteiger partial charge on any atom is -0.450 e. The summed E-state index contributed by atoms with van der Waals surface area (Å²) >= 11 is 6.18. The highest BCUT2D eigenvalue weighted by Gasteiger charge is 2.37. The van der Waals surface area contributed by atoms with Gasteiger partial charge in [0, 0.05) is 36.4 Å². The van der Waals surface area contributed by atoms with Crippen molar-refractivity contribution in [2.75, 3.05) is 25.0 Å². The maximum Gasteiger partial charge on any atom is 0.411 e. The predicted molar refractivity (Wildman–Crippen MR) is 117 cm³/mol. The molecule has 3 heterocycles. The largest absolute Gasteiger partial charge is 0.450 e. The van der Waals surface area contributed by atoms with Gasteiger partial charge in [0.2, 0.25) is 0 Å². The van der Waals surface area contributed by atoms with E-state index in [4.69, 9.17) is 16.3 Å². The Morgan fingerprint density at radius 2 is 2.09 bits per heavy atom. The number of alkyl halides is 2. The Kier molecular flexibility index (Phi) is 6.01. The van der Waals surface area contributed by atoms with Crippen molar-refractivity contribution in [2.24, 2.45) is 0 Å². The van der Waals surface area contributed by atoms with E-state index in [1.807, 2.05) is 0 Å². The maximum absolute atomic E-state index is 13.7. The molecule has 0 saturated carbocycles. The van der Waals surface area contributed by atoms with E-state index >= 15 is 0 Å². The van der Waals surface area contributed by atoms with Gasteiger partial charge in [-0.05, 0) is 43.7 Å². The molecule has 2 aromatic heterocycles. The number of anilines is 1. The molecule has 1 aliphatic rings. The number of aromatic nitrogens is 2. The Labute approximate surface area is 187 Å². The van der Waals surface area contributed by atoms with Crippen molar-refractivity contribution in [3.05, 3.63) is 53.3 Å². The Morgan fingerprint density at radius 1 is 1.28 bits per heavy atom. The summed E-state index contributed by atoms with van der Waals surface area (Å²) in [7, 11) is 0. The van der Waals surface area contributed by atoms with Gasteiger partial charge in [0.15, 0.2) is 0 Å². The molecule has 4 rings (SSSR count). The first-order valence-electron chi connectivity index (χ1n) is 10.2. The number of pyridine rings is 1. The first kappa shape index (κ1) is 22.0. The number of hydrogen-bond donors (Lipinski definition) is 1. The Morgan fingerprint density at radius 3 is 2.84 bits per heavy atom. The minimum atomic E-state index is -2.86. The summed E-state index contributed by atoms with van der Waals surface area (Å²) < 4.78 is 34.1. The number of ether oxygens (including phenoxy) is 1. The molecule has 168 valence electrons. The van der Waals surface area contributed by atoms with Crippen molar-refractivity contribution in [3.8, 4) is 5.69 Å². The highest BCUT2D eigenvalue weighted by atomic mass is 35.5. The third-order valence-electron chi connectivity index (χ3n) is 5.19. The summed E-state index contributed by atoms with van der Waals surface area (Å²) in [5.41, 5.74) is 1.88. The summed E-state index contributed by atoms with van der Waals surface area (Å²) in [5.74, 6) is -3.32. The quantitative estimate of drug-likeness (QED) is 0.584. The normalized spacial score (nSPS) is 15.6. The van der Waals surface area contributed by atoms with E-state index in [1.165, 1.54) is 11.1 Å². The third-order valence-corrected chi connectivity index (χ3v) is 5.52. The Bertz CT molecular complexity index is 1180. The second kappa shape index (κ2) is 8.74. The van der Waals surface area contributed by atoms with Crippen molar-refractivity contribution in [1.29, 1.82) is 0 Å². The van der Waals surface area contributed by atoms with E-state index in [0.717, 1.165) is 0 Å². The number of carbonyl (C=O) groups is 2. The molecule has 0 unspecified atom stereocenters. The van der Waals surface area contributed by atoms with Gasteiger partial charge in [0.25, 0.3) is 11.8 Å². The molecule has 1 saturated heterocycles. The molecule has 2 amide bonds. The summed E-state index contributed by atoms with van der Waals surface area (Å²) in [6.07, 6.45) is 2.60. The topological polar surface area (TPSA) is 76.5 Å². The van der Waals surface area contributed by atoms with Crippen molar-refractivity contribution >= 4 is 40.3 Å². The molecule has 0 aliphatic carbocycles. The van der Waals surface area contributed by atoms with Gasteiger partial charge >= 0.3 is 6.09 Å². The average Bonchev–Trinajstić information content (AvgIpc) is 3.17. The lowest BCUT2D eigenvalue weighted by molar-refractivity contribution is -0.0560. The van der Waals surface area contributed by atoms with E-state index in [0.29, 0.717) is 34.0 Å². The smallest absolute Gasteiger partial charge is 0.411 e. The molecule has 1 aliphatic heterocycles. The van der Waals surface area contributed by atoms with Crippen molar-refractivity contribution in [2.45, 2.75) is 25.7 Å². The zero-order valence-corrected chi connectivity index (χ0v) is 18.0. The predicted octanol–water partition coefficient (Wildman–Crippen LogP) is 5.12. The van der Waals surface area contributed by atoms with Gasteiger partial charge in [-0.2, -0.15) is 0 Å². The molecule has 0 radical (unpaired) electrons. The summed E-state index contributed by atoms with van der Waals surface area (Å²) in [4.78, 5) is 30.0. The van der Waals surface area contributed by atoms with E-state index in [9.17, 15) is 18.4 Å². The van der Waals surface area contributed by atoms with Crippen LogP contribution in [0.25, 0.3) is 16.7 Å². The molecule has 10 heteroatoms. The number of benzene rings is 1. The monoisotopic (exact) mass is 462 g/mol. The maximum atomic E-state index is 13.7. The van der Waals surface area contributed by atoms with Gasteiger partial charge in [-0.15, -0.1) is 0 Å². The molecule has 3 aromatic rings. The molecule has 0 bridgehead atoms. The van der Waals surface area contributed by atoms with Crippen LogP contribution in [0.2, 0.25) is 5.02 Å². The van der Waals surface area contributed by atoms with Crippen LogP contribution in [0.5, 0.6) is 0 Å². The number of nitrogens with zero attached hydrogens (tertiary/aromatic N) is 3. The SMILES string of the molecule is CCOC(=O)Nc1cc(-n2ccc3cc(C(=O)N4CCCC(F)(F)C4)cnc32)ccc1Cl. The Balaban J connectivity index is 1.61. The molecular weight excluding hydrogens is 442 g/mol. The standard InChI is InChI=1S/C22H21ClF2N4O3/c1-2-32-21(31)27-18-11-16(4-5-17(18)23)29-9-6-14-10-15(12-26-19(14)29)20(30)28-8-3-7-22(24,25)13-28/h4-6,9-12H,2-3,7-8,13H2,1H3,(H,27,31). The van der Waals surface area contributed by atoms with Gasteiger partial charge in [0.05, 0.1) is 29.4 Å².